The molecule has 0 saturated carbocycles. The summed E-state index contributed by atoms with van der Waals surface area (Å²) >= 11 is 0. The predicted octanol–water partition coefficient (Wildman–Crippen LogP) is 3.48. The number of methoxy groups -OCH3 is 3. The molecular formula is C18H19F2NO4. The first-order valence-corrected chi connectivity index (χ1v) is 7.47. The average molecular weight is 351 g/mol. The van der Waals surface area contributed by atoms with Crippen LogP contribution >= 0.6 is 0 Å². The van der Waals surface area contributed by atoms with E-state index in [0.717, 1.165) is 12.1 Å². The summed E-state index contributed by atoms with van der Waals surface area (Å²) in [5.74, 6) is -1.27. The third-order valence-corrected chi connectivity index (χ3v) is 3.72. The van der Waals surface area contributed by atoms with Gasteiger partial charge in [0.25, 0.3) is 5.91 Å². The molecule has 0 aliphatic heterocycles. The molecule has 0 aliphatic rings. The van der Waals surface area contributed by atoms with Crippen LogP contribution in [-0.4, -0.2) is 27.2 Å². The predicted molar refractivity (Wildman–Crippen MR) is 88.3 cm³/mol. The van der Waals surface area contributed by atoms with E-state index in [0.29, 0.717) is 22.8 Å². The minimum absolute atomic E-state index is 0.281. The van der Waals surface area contributed by atoms with Gasteiger partial charge in [-0.15, -0.1) is 0 Å². The molecule has 25 heavy (non-hydrogen) atoms. The van der Waals surface area contributed by atoms with Crippen molar-refractivity contribution >= 4 is 5.91 Å². The summed E-state index contributed by atoms with van der Waals surface area (Å²) < 4.78 is 42.0. The number of carbonyl (C=O) groups is 1. The van der Waals surface area contributed by atoms with Gasteiger partial charge in [-0.1, -0.05) is 6.07 Å². The average Bonchev–Trinajstić information content (AvgIpc) is 2.62. The van der Waals surface area contributed by atoms with Crippen LogP contribution in [0.1, 0.15) is 28.9 Å². The first-order valence-electron chi connectivity index (χ1n) is 7.47. The fraction of sp³-hybridized carbons (Fsp3) is 0.278. The van der Waals surface area contributed by atoms with E-state index < -0.39 is 23.6 Å². The SMILES string of the molecule is COc1cc(C(=O)NC(C)c2ccc(F)c(F)c2)cc(OC)c1OC. The number of halogens is 2. The van der Waals surface area contributed by atoms with Gasteiger partial charge in [-0.3, -0.25) is 4.79 Å². The highest BCUT2D eigenvalue weighted by atomic mass is 19.2. The fourth-order valence-corrected chi connectivity index (χ4v) is 2.36. The van der Waals surface area contributed by atoms with Gasteiger partial charge in [0.15, 0.2) is 23.1 Å². The van der Waals surface area contributed by atoms with Gasteiger partial charge in [-0.25, -0.2) is 8.78 Å². The molecule has 0 aliphatic carbocycles. The van der Waals surface area contributed by atoms with Crippen molar-refractivity contribution < 1.29 is 27.8 Å². The molecule has 1 amide bonds. The van der Waals surface area contributed by atoms with Crippen LogP contribution in [0.4, 0.5) is 8.78 Å². The molecule has 0 saturated heterocycles. The van der Waals surface area contributed by atoms with Crippen LogP contribution in [0.3, 0.4) is 0 Å². The molecule has 0 spiro atoms. The molecule has 5 nitrogen and oxygen atoms in total. The molecule has 2 aromatic carbocycles. The van der Waals surface area contributed by atoms with Crippen molar-refractivity contribution in [2.24, 2.45) is 0 Å². The number of hydrogen-bond donors (Lipinski definition) is 1. The highest BCUT2D eigenvalue weighted by Crippen LogP contribution is 2.38. The van der Waals surface area contributed by atoms with Crippen LogP contribution in [0.2, 0.25) is 0 Å². The van der Waals surface area contributed by atoms with Crippen molar-refractivity contribution in [3.8, 4) is 17.2 Å². The van der Waals surface area contributed by atoms with Gasteiger partial charge in [-0.2, -0.15) is 0 Å². The second-order valence-electron chi connectivity index (χ2n) is 5.28. The van der Waals surface area contributed by atoms with Crippen molar-refractivity contribution in [2.75, 3.05) is 21.3 Å². The van der Waals surface area contributed by atoms with E-state index in [2.05, 4.69) is 5.32 Å². The molecule has 7 heteroatoms. The van der Waals surface area contributed by atoms with Crippen molar-refractivity contribution in [2.45, 2.75) is 13.0 Å². The lowest BCUT2D eigenvalue weighted by molar-refractivity contribution is 0.0939. The minimum Gasteiger partial charge on any atom is -0.493 e. The Morgan fingerprint density at radius 3 is 2.04 bits per heavy atom. The topological polar surface area (TPSA) is 56.8 Å². The van der Waals surface area contributed by atoms with E-state index in [1.165, 1.54) is 39.5 Å². The first kappa shape index (κ1) is 18.5. The lowest BCUT2D eigenvalue weighted by atomic mass is 10.1. The van der Waals surface area contributed by atoms with Crippen molar-refractivity contribution in [3.05, 3.63) is 53.1 Å². The zero-order chi connectivity index (χ0) is 18.6. The Bertz CT molecular complexity index is 755. The molecule has 2 aromatic rings. The molecule has 134 valence electrons. The molecule has 1 atom stereocenters. The Morgan fingerprint density at radius 1 is 0.960 bits per heavy atom. The van der Waals surface area contributed by atoms with E-state index in [4.69, 9.17) is 14.2 Å². The Hall–Kier alpha value is -2.83. The number of ether oxygens (including phenoxy) is 3. The van der Waals surface area contributed by atoms with Crippen LogP contribution in [0, 0.1) is 11.6 Å². The number of benzene rings is 2. The summed E-state index contributed by atoms with van der Waals surface area (Å²) in [5, 5.41) is 2.72. The van der Waals surface area contributed by atoms with E-state index in [9.17, 15) is 13.6 Å². The monoisotopic (exact) mass is 351 g/mol. The summed E-state index contributed by atoms with van der Waals surface area (Å²) in [7, 11) is 4.36. The van der Waals surface area contributed by atoms with E-state index in [1.54, 1.807) is 6.92 Å². The Balaban J connectivity index is 2.26. The molecular weight excluding hydrogens is 332 g/mol. The third-order valence-electron chi connectivity index (χ3n) is 3.72. The third kappa shape index (κ3) is 3.99. The lowest BCUT2D eigenvalue weighted by Crippen LogP contribution is -2.26. The lowest BCUT2D eigenvalue weighted by Gasteiger charge is -2.17. The maximum absolute atomic E-state index is 13.3. The normalized spacial score (nSPS) is 11.6. The van der Waals surface area contributed by atoms with Crippen LogP contribution in [0.15, 0.2) is 30.3 Å². The zero-order valence-corrected chi connectivity index (χ0v) is 14.4. The van der Waals surface area contributed by atoms with Crippen molar-refractivity contribution in [1.29, 1.82) is 0 Å². The quantitative estimate of drug-likeness (QED) is 0.866. The van der Waals surface area contributed by atoms with Gasteiger partial charge in [0.1, 0.15) is 0 Å². The molecule has 1 N–H and O–H groups in total. The van der Waals surface area contributed by atoms with E-state index in [-0.39, 0.29) is 5.56 Å². The summed E-state index contributed by atoms with van der Waals surface area (Å²) in [6.07, 6.45) is 0. The number of carbonyl (C=O) groups excluding carboxylic acids is 1. The standard InChI is InChI=1S/C18H19F2NO4/c1-10(11-5-6-13(19)14(20)7-11)21-18(22)12-8-15(23-2)17(25-4)16(9-12)24-3/h5-10H,1-4H3,(H,21,22). The molecule has 0 aromatic heterocycles. The van der Waals surface area contributed by atoms with Crippen LogP contribution in [-0.2, 0) is 0 Å². The zero-order valence-electron chi connectivity index (χ0n) is 14.4. The van der Waals surface area contributed by atoms with Crippen LogP contribution in [0.5, 0.6) is 17.2 Å². The number of nitrogens with one attached hydrogen (secondary N) is 1. The molecule has 1 unspecified atom stereocenters. The molecule has 0 heterocycles. The van der Waals surface area contributed by atoms with Gasteiger partial charge >= 0.3 is 0 Å². The highest BCUT2D eigenvalue weighted by molar-refractivity contribution is 5.95. The summed E-state index contributed by atoms with van der Waals surface area (Å²) in [6, 6.07) is 5.98. The van der Waals surface area contributed by atoms with Crippen LogP contribution in [0.25, 0.3) is 0 Å². The molecule has 0 bridgehead atoms. The smallest absolute Gasteiger partial charge is 0.252 e. The molecule has 0 radical (unpaired) electrons. The Labute approximate surface area is 144 Å². The number of rotatable bonds is 6. The highest BCUT2D eigenvalue weighted by Gasteiger charge is 2.19. The number of hydrogen-bond acceptors (Lipinski definition) is 4. The van der Waals surface area contributed by atoms with Crippen LogP contribution < -0.4 is 19.5 Å². The fourth-order valence-electron chi connectivity index (χ4n) is 2.36. The summed E-state index contributed by atoms with van der Waals surface area (Å²) in [6.45, 7) is 1.67. The first-order chi connectivity index (χ1) is 11.9. The van der Waals surface area contributed by atoms with Crippen molar-refractivity contribution in [1.82, 2.24) is 5.32 Å². The van der Waals surface area contributed by atoms with E-state index >= 15 is 0 Å². The second kappa shape index (κ2) is 7.83. The molecule has 0 fully saturated rings. The van der Waals surface area contributed by atoms with Gasteiger partial charge in [0.05, 0.1) is 27.4 Å². The summed E-state index contributed by atoms with van der Waals surface area (Å²) in [4.78, 5) is 12.5. The maximum atomic E-state index is 13.3. The Kier molecular flexibility index (Phi) is 5.80. The summed E-state index contributed by atoms with van der Waals surface area (Å²) in [5.41, 5.74) is 0.726. The second-order valence-corrected chi connectivity index (χ2v) is 5.28. The Morgan fingerprint density at radius 2 is 1.56 bits per heavy atom. The van der Waals surface area contributed by atoms with E-state index in [1.807, 2.05) is 0 Å². The van der Waals surface area contributed by atoms with Gasteiger partial charge in [0, 0.05) is 5.56 Å². The van der Waals surface area contributed by atoms with Gasteiger partial charge in [0.2, 0.25) is 5.75 Å². The van der Waals surface area contributed by atoms with Crippen molar-refractivity contribution in [3.63, 3.8) is 0 Å². The largest absolute Gasteiger partial charge is 0.493 e. The van der Waals surface area contributed by atoms with Gasteiger partial charge in [-0.05, 0) is 36.8 Å². The minimum atomic E-state index is -0.966. The number of amides is 1. The maximum Gasteiger partial charge on any atom is 0.252 e. The van der Waals surface area contributed by atoms with Gasteiger partial charge < -0.3 is 19.5 Å². The molecule has 2 rings (SSSR count).